The maximum atomic E-state index is 3.52. The lowest BCUT2D eigenvalue weighted by atomic mass is 9.93. The van der Waals surface area contributed by atoms with Crippen LogP contribution in [0.4, 0.5) is 0 Å². The minimum Gasteiger partial charge on any atom is -0.312 e. The molecule has 1 fully saturated rings. The fourth-order valence-electron chi connectivity index (χ4n) is 1.83. The molecule has 1 unspecified atom stereocenters. The van der Waals surface area contributed by atoms with Crippen LogP contribution in [0.2, 0.25) is 0 Å². The van der Waals surface area contributed by atoms with Crippen molar-refractivity contribution in [3.05, 3.63) is 0 Å². The zero-order chi connectivity index (χ0) is 8.48. The van der Waals surface area contributed by atoms with Crippen LogP contribution in [0, 0.1) is 5.41 Å². The Labute approximate surface area is 70.0 Å². The van der Waals surface area contributed by atoms with E-state index in [-0.39, 0.29) is 0 Å². The van der Waals surface area contributed by atoms with Crippen molar-refractivity contribution in [3.63, 3.8) is 0 Å². The first-order chi connectivity index (χ1) is 4.99. The van der Waals surface area contributed by atoms with E-state index in [9.17, 15) is 0 Å². The SMILES string of the molecule is CC1CN(C)CC(C)(C)CN1. The van der Waals surface area contributed by atoms with E-state index in [2.05, 4.69) is 38.0 Å². The summed E-state index contributed by atoms with van der Waals surface area (Å²) in [5.41, 5.74) is 0.430. The highest BCUT2D eigenvalue weighted by molar-refractivity contribution is 4.82. The first-order valence-corrected chi connectivity index (χ1v) is 4.41. The molecule has 66 valence electrons. The van der Waals surface area contributed by atoms with E-state index in [0.717, 1.165) is 6.54 Å². The van der Waals surface area contributed by atoms with Gasteiger partial charge in [0.15, 0.2) is 0 Å². The summed E-state index contributed by atoms with van der Waals surface area (Å²) in [6.07, 6.45) is 0. The van der Waals surface area contributed by atoms with Crippen LogP contribution in [0.1, 0.15) is 20.8 Å². The Morgan fingerprint density at radius 1 is 1.45 bits per heavy atom. The topological polar surface area (TPSA) is 15.3 Å². The van der Waals surface area contributed by atoms with Gasteiger partial charge in [0.1, 0.15) is 0 Å². The summed E-state index contributed by atoms with van der Waals surface area (Å²) in [4.78, 5) is 2.41. The number of nitrogens with zero attached hydrogens (tertiary/aromatic N) is 1. The van der Waals surface area contributed by atoms with Crippen LogP contribution in [0.5, 0.6) is 0 Å². The fraction of sp³-hybridized carbons (Fsp3) is 1.00. The highest BCUT2D eigenvalue weighted by atomic mass is 15.2. The van der Waals surface area contributed by atoms with Gasteiger partial charge in [0.05, 0.1) is 0 Å². The van der Waals surface area contributed by atoms with E-state index < -0.39 is 0 Å². The first-order valence-electron chi connectivity index (χ1n) is 4.41. The van der Waals surface area contributed by atoms with Gasteiger partial charge in [-0.05, 0) is 19.4 Å². The number of nitrogens with one attached hydrogen (secondary N) is 1. The van der Waals surface area contributed by atoms with Crippen LogP contribution in [0.25, 0.3) is 0 Å². The molecule has 0 bridgehead atoms. The maximum Gasteiger partial charge on any atom is 0.0166 e. The lowest BCUT2D eigenvalue weighted by Crippen LogP contribution is -2.34. The molecule has 1 saturated heterocycles. The summed E-state index contributed by atoms with van der Waals surface area (Å²) >= 11 is 0. The van der Waals surface area contributed by atoms with Crippen molar-refractivity contribution in [1.29, 1.82) is 0 Å². The van der Waals surface area contributed by atoms with Crippen molar-refractivity contribution in [2.75, 3.05) is 26.7 Å². The van der Waals surface area contributed by atoms with Gasteiger partial charge < -0.3 is 10.2 Å². The minimum absolute atomic E-state index is 0.430. The van der Waals surface area contributed by atoms with Crippen LogP contribution < -0.4 is 5.32 Å². The first kappa shape index (κ1) is 9.01. The van der Waals surface area contributed by atoms with Gasteiger partial charge in [-0.15, -0.1) is 0 Å². The molecule has 0 aliphatic carbocycles. The van der Waals surface area contributed by atoms with E-state index in [1.54, 1.807) is 0 Å². The summed E-state index contributed by atoms with van der Waals surface area (Å²) in [6.45, 7) is 10.4. The van der Waals surface area contributed by atoms with E-state index in [1.165, 1.54) is 13.1 Å². The van der Waals surface area contributed by atoms with Crippen molar-refractivity contribution in [2.45, 2.75) is 26.8 Å². The van der Waals surface area contributed by atoms with Crippen LogP contribution >= 0.6 is 0 Å². The average Bonchev–Trinajstić information content (AvgIpc) is 1.90. The fourth-order valence-corrected chi connectivity index (χ4v) is 1.83. The second-order valence-electron chi connectivity index (χ2n) is 4.64. The second-order valence-corrected chi connectivity index (χ2v) is 4.64. The molecule has 0 aromatic heterocycles. The number of rotatable bonds is 0. The van der Waals surface area contributed by atoms with E-state index in [4.69, 9.17) is 0 Å². The number of hydrogen-bond acceptors (Lipinski definition) is 2. The number of hydrogen-bond donors (Lipinski definition) is 1. The average molecular weight is 156 g/mol. The highest BCUT2D eigenvalue weighted by Crippen LogP contribution is 2.17. The summed E-state index contributed by atoms with van der Waals surface area (Å²) in [6, 6.07) is 0.641. The molecule has 1 aliphatic heterocycles. The Hall–Kier alpha value is -0.0800. The second kappa shape index (κ2) is 3.11. The summed E-state index contributed by atoms with van der Waals surface area (Å²) in [7, 11) is 2.20. The van der Waals surface area contributed by atoms with Crippen molar-refractivity contribution >= 4 is 0 Å². The Balaban J connectivity index is 2.53. The van der Waals surface area contributed by atoms with Gasteiger partial charge in [-0.25, -0.2) is 0 Å². The van der Waals surface area contributed by atoms with Crippen molar-refractivity contribution < 1.29 is 0 Å². The van der Waals surface area contributed by atoms with Crippen molar-refractivity contribution in [3.8, 4) is 0 Å². The van der Waals surface area contributed by atoms with Gasteiger partial charge in [-0.3, -0.25) is 0 Å². The smallest absolute Gasteiger partial charge is 0.0166 e. The molecule has 0 aromatic rings. The lowest BCUT2D eigenvalue weighted by Gasteiger charge is -2.25. The molecule has 11 heavy (non-hydrogen) atoms. The van der Waals surface area contributed by atoms with Gasteiger partial charge in [-0.1, -0.05) is 13.8 Å². The third kappa shape index (κ3) is 2.80. The normalized spacial score (nSPS) is 33.3. The molecular weight excluding hydrogens is 136 g/mol. The molecule has 1 heterocycles. The van der Waals surface area contributed by atoms with Gasteiger partial charge in [0.2, 0.25) is 0 Å². The molecular formula is C9H20N2. The molecule has 2 heteroatoms. The lowest BCUT2D eigenvalue weighted by molar-refractivity contribution is 0.239. The zero-order valence-corrected chi connectivity index (χ0v) is 8.15. The molecule has 1 N–H and O–H groups in total. The largest absolute Gasteiger partial charge is 0.312 e. The van der Waals surface area contributed by atoms with Crippen LogP contribution in [-0.2, 0) is 0 Å². The van der Waals surface area contributed by atoms with Crippen molar-refractivity contribution in [2.24, 2.45) is 5.41 Å². The Morgan fingerprint density at radius 3 is 2.73 bits per heavy atom. The molecule has 0 aromatic carbocycles. The molecule has 1 aliphatic rings. The van der Waals surface area contributed by atoms with Crippen LogP contribution in [-0.4, -0.2) is 37.6 Å². The summed E-state index contributed by atoms with van der Waals surface area (Å²) in [5.74, 6) is 0. The van der Waals surface area contributed by atoms with E-state index >= 15 is 0 Å². The van der Waals surface area contributed by atoms with Crippen molar-refractivity contribution in [1.82, 2.24) is 10.2 Å². The van der Waals surface area contributed by atoms with Gasteiger partial charge in [0, 0.05) is 25.7 Å². The zero-order valence-electron chi connectivity index (χ0n) is 8.15. The molecule has 0 saturated carbocycles. The standard InChI is InChI=1S/C9H20N2/c1-8-5-11(4)7-9(2,3)6-10-8/h8,10H,5-7H2,1-4H3. The monoisotopic (exact) mass is 156 g/mol. The van der Waals surface area contributed by atoms with E-state index in [0.29, 0.717) is 11.5 Å². The highest BCUT2D eigenvalue weighted by Gasteiger charge is 2.24. The van der Waals surface area contributed by atoms with E-state index in [1.807, 2.05) is 0 Å². The minimum atomic E-state index is 0.430. The Kier molecular flexibility index (Phi) is 2.55. The molecule has 0 radical (unpaired) electrons. The third-order valence-corrected chi connectivity index (χ3v) is 2.21. The molecule has 0 spiro atoms. The summed E-state index contributed by atoms with van der Waals surface area (Å²) in [5, 5.41) is 3.52. The predicted molar refractivity (Wildman–Crippen MR) is 48.7 cm³/mol. The third-order valence-electron chi connectivity index (χ3n) is 2.21. The summed E-state index contributed by atoms with van der Waals surface area (Å²) < 4.78 is 0. The van der Waals surface area contributed by atoms with Crippen LogP contribution in [0.3, 0.4) is 0 Å². The maximum absolute atomic E-state index is 3.52. The van der Waals surface area contributed by atoms with Gasteiger partial charge in [0.25, 0.3) is 0 Å². The Morgan fingerprint density at radius 2 is 2.09 bits per heavy atom. The number of likely N-dealkylation sites (N-methyl/N-ethyl adjacent to an activating group) is 1. The Bertz CT molecular complexity index is 132. The predicted octanol–water partition coefficient (Wildman–Crippen LogP) is 0.936. The van der Waals surface area contributed by atoms with Crippen LogP contribution in [0.15, 0.2) is 0 Å². The molecule has 0 amide bonds. The molecule has 1 rings (SSSR count). The molecule has 1 atom stereocenters. The quantitative estimate of drug-likeness (QED) is 0.561. The van der Waals surface area contributed by atoms with Gasteiger partial charge in [-0.2, -0.15) is 0 Å². The molecule has 2 nitrogen and oxygen atoms in total. The van der Waals surface area contributed by atoms with Gasteiger partial charge >= 0.3 is 0 Å².